The monoisotopic (exact) mass is 138 g/mol. The number of hydrogen-bond acceptors (Lipinski definition) is 2. The Morgan fingerprint density at radius 3 is 2.50 bits per heavy atom. The van der Waals surface area contributed by atoms with Crippen molar-refractivity contribution in [3.05, 3.63) is 24.0 Å². The maximum atomic E-state index is 4.02. The van der Waals surface area contributed by atoms with Crippen molar-refractivity contribution in [3.8, 4) is 0 Å². The summed E-state index contributed by atoms with van der Waals surface area (Å²) in [6.07, 6.45) is 3.70. The van der Waals surface area contributed by atoms with Gasteiger partial charge in [0.1, 0.15) is 0 Å². The van der Waals surface area contributed by atoms with Gasteiger partial charge in [0, 0.05) is 24.7 Å². The molecule has 0 saturated heterocycles. The summed E-state index contributed by atoms with van der Waals surface area (Å²) >= 11 is 0. The molecule has 0 saturated carbocycles. The fraction of sp³-hybridized carbons (Fsp3) is 0.375. The SMILES string of the molecule is C=C(C)/N=C\C(=C/C)NC. The van der Waals surface area contributed by atoms with Crippen molar-refractivity contribution in [3.63, 3.8) is 0 Å². The summed E-state index contributed by atoms with van der Waals surface area (Å²) in [6, 6.07) is 0. The largest absolute Gasteiger partial charge is 0.387 e. The maximum Gasteiger partial charge on any atom is 0.0499 e. The van der Waals surface area contributed by atoms with E-state index in [1.807, 2.05) is 27.0 Å². The molecule has 0 bridgehead atoms. The first kappa shape index (κ1) is 8.95. The van der Waals surface area contributed by atoms with Gasteiger partial charge >= 0.3 is 0 Å². The summed E-state index contributed by atoms with van der Waals surface area (Å²) in [4.78, 5) is 4.02. The first-order chi connectivity index (χ1) is 4.70. The van der Waals surface area contributed by atoms with Gasteiger partial charge < -0.3 is 5.32 Å². The molecule has 2 nitrogen and oxygen atoms in total. The summed E-state index contributed by atoms with van der Waals surface area (Å²) in [6.45, 7) is 7.46. The number of nitrogens with one attached hydrogen (secondary N) is 1. The predicted octanol–water partition coefficient (Wildman–Crippen LogP) is 1.71. The van der Waals surface area contributed by atoms with E-state index in [0.717, 1.165) is 11.4 Å². The van der Waals surface area contributed by atoms with Crippen LogP contribution in [0, 0.1) is 0 Å². The van der Waals surface area contributed by atoms with Crippen LogP contribution in [-0.4, -0.2) is 13.3 Å². The fourth-order valence-corrected chi connectivity index (χ4v) is 0.463. The van der Waals surface area contributed by atoms with Crippen LogP contribution in [0.3, 0.4) is 0 Å². The lowest BCUT2D eigenvalue weighted by Crippen LogP contribution is -2.05. The quantitative estimate of drug-likeness (QED) is 0.590. The highest BCUT2D eigenvalue weighted by Crippen LogP contribution is 1.89. The van der Waals surface area contributed by atoms with E-state index in [9.17, 15) is 0 Å². The third-order valence-corrected chi connectivity index (χ3v) is 1.02. The van der Waals surface area contributed by atoms with Gasteiger partial charge in [0.2, 0.25) is 0 Å². The number of nitrogens with zero attached hydrogens (tertiary/aromatic N) is 1. The van der Waals surface area contributed by atoms with Crippen LogP contribution in [0.4, 0.5) is 0 Å². The molecule has 0 amide bonds. The van der Waals surface area contributed by atoms with Gasteiger partial charge in [-0.2, -0.15) is 0 Å². The van der Waals surface area contributed by atoms with Gasteiger partial charge in [-0.3, -0.25) is 4.99 Å². The van der Waals surface area contributed by atoms with Gasteiger partial charge in [-0.25, -0.2) is 0 Å². The van der Waals surface area contributed by atoms with Crippen LogP contribution in [0.1, 0.15) is 13.8 Å². The van der Waals surface area contributed by atoms with Gasteiger partial charge in [0.15, 0.2) is 0 Å². The summed E-state index contributed by atoms with van der Waals surface area (Å²) < 4.78 is 0. The first-order valence-electron chi connectivity index (χ1n) is 3.24. The van der Waals surface area contributed by atoms with Crippen molar-refractivity contribution in [1.29, 1.82) is 0 Å². The number of hydrogen-bond donors (Lipinski definition) is 1. The van der Waals surface area contributed by atoms with Crippen LogP contribution < -0.4 is 5.32 Å². The molecular weight excluding hydrogens is 124 g/mol. The van der Waals surface area contributed by atoms with E-state index in [4.69, 9.17) is 0 Å². The Labute approximate surface area is 62.4 Å². The Morgan fingerprint density at radius 1 is 1.60 bits per heavy atom. The van der Waals surface area contributed by atoms with Crippen molar-refractivity contribution in [2.75, 3.05) is 7.05 Å². The van der Waals surface area contributed by atoms with Crippen LogP contribution in [0.2, 0.25) is 0 Å². The molecule has 0 rings (SSSR count). The molecule has 0 aliphatic rings. The number of allylic oxidation sites excluding steroid dienone is 3. The van der Waals surface area contributed by atoms with Crippen molar-refractivity contribution in [1.82, 2.24) is 5.32 Å². The third kappa shape index (κ3) is 3.89. The Balaban J connectivity index is 3.98. The zero-order valence-corrected chi connectivity index (χ0v) is 6.81. The normalized spacial score (nSPS) is 12.1. The standard InChI is InChI=1S/C8H14N2/c1-5-8(9-4)6-10-7(2)3/h5-6,9H,2H2,1,3-4H3/b8-5+,10-6-. The molecule has 0 fully saturated rings. The van der Waals surface area contributed by atoms with E-state index in [-0.39, 0.29) is 0 Å². The molecule has 0 atom stereocenters. The smallest absolute Gasteiger partial charge is 0.0499 e. The molecule has 0 aromatic carbocycles. The van der Waals surface area contributed by atoms with Crippen LogP contribution in [0.25, 0.3) is 0 Å². The van der Waals surface area contributed by atoms with Crippen LogP contribution in [-0.2, 0) is 0 Å². The molecule has 0 heterocycles. The van der Waals surface area contributed by atoms with E-state index < -0.39 is 0 Å². The molecule has 10 heavy (non-hydrogen) atoms. The topological polar surface area (TPSA) is 24.4 Å². The molecule has 0 aromatic rings. The fourth-order valence-electron chi connectivity index (χ4n) is 0.463. The molecule has 0 spiro atoms. The van der Waals surface area contributed by atoms with Crippen molar-refractivity contribution in [2.24, 2.45) is 4.99 Å². The molecule has 0 aliphatic heterocycles. The second kappa shape index (κ2) is 4.79. The van der Waals surface area contributed by atoms with E-state index in [1.54, 1.807) is 6.21 Å². The molecule has 1 N–H and O–H groups in total. The first-order valence-corrected chi connectivity index (χ1v) is 3.24. The van der Waals surface area contributed by atoms with Crippen molar-refractivity contribution in [2.45, 2.75) is 13.8 Å². The second-order valence-corrected chi connectivity index (χ2v) is 1.99. The minimum absolute atomic E-state index is 0.814. The summed E-state index contributed by atoms with van der Waals surface area (Å²) in [7, 11) is 1.86. The Hall–Kier alpha value is -1.05. The molecule has 2 heteroatoms. The minimum Gasteiger partial charge on any atom is -0.387 e. The highest BCUT2D eigenvalue weighted by atomic mass is 14.9. The highest BCUT2D eigenvalue weighted by molar-refractivity contribution is 5.78. The lowest BCUT2D eigenvalue weighted by atomic mass is 10.4. The van der Waals surface area contributed by atoms with Crippen molar-refractivity contribution >= 4 is 6.21 Å². The van der Waals surface area contributed by atoms with Gasteiger partial charge in [-0.1, -0.05) is 12.7 Å². The lowest BCUT2D eigenvalue weighted by Gasteiger charge is -1.96. The van der Waals surface area contributed by atoms with Crippen LogP contribution in [0.5, 0.6) is 0 Å². The molecular formula is C8H14N2. The second-order valence-electron chi connectivity index (χ2n) is 1.99. The lowest BCUT2D eigenvalue weighted by molar-refractivity contribution is 1.05. The van der Waals surface area contributed by atoms with E-state index in [1.165, 1.54) is 0 Å². The zero-order chi connectivity index (χ0) is 7.98. The van der Waals surface area contributed by atoms with Gasteiger partial charge in [-0.15, -0.1) is 0 Å². The summed E-state index contributed by atoms with van der Waals surface area (Å²) in [5.41, 5.74) is 1.82. The van der Waals surface area contributed by atoms with Gasteiger partial charge in [0.25, 0.3) is 0 Å². The van der Waals surface area contributed by atoms with E-state index in [0.29, 0.717) is 0 Å². The van der Waals surface area contributed by atoms with E-state index in [2.05, 4.69) is 16.9 Å². The van der Waals surface area contributed by atoms with Crippen LogP contribution >= 0.6 is 0 Å². The predicted molar refractivity (Wildman–Crippen MR) is 46.1 cm³/mol. The Kier molecular flexibility index (Phi) is 4.29. The van der Waals surface area contributed by atoms with Crippen LogP contribution in [0.15, 0.2) is 29.0 Å². The van der Waals surface area contributed by atoms with Gasteiger partial charge in [-0.05, 0) is 13.8 Å². The zero-order valence-electron chi connectivity index (χ0n) is 6.81. The van der Waals surface area contributed by atoms with E-state index >= 15 is 0 Å². The maximum absolute atomic E-state index is 4.02. The number of aliphatic imine (C=N–C) groups is 1. The van der Waals surface area contributed by atoms with Gasteiger partial charge in [0.05, 0.1) is 0 Å². The highest BCUT2D eigenvalue weighted by Gasteiger charge is 1.82. The molecule has 0 unspecified atom stereocenters. The molecule has 0 aromatic heterocycles. The average Bonchev–Trinajstić information content (AvgIpc) is 1.90. The van der Waals surface area contributed by atoms with Crippen molar-refractivity contribution < 1.29 is 0 Å². The Morgan fingerprint density at radius 2 is 2.20 bits per heavy atom. The molecule has 0 radical (unpaired) electrons. The molecule has 0 aliphatic carbocycles. The summed E-state index contributed by atoms with van der Waals surface area (Å²) in [5, 5.41) is 2.98. The minimum atomic E-state index is 0.814. The Bertz CT molecular complexity index is 166. The summed E-state index contributed by atoms with van der Waals surface area (Å²) in [5.74, 6) is 0. The average molecular weight is 138 g/mol. The molecule has 56 valence electrons. The number of rotatable bonds is 3. The third-order valence-electron chi connectivity index (χ3n) is 1.02.